The second kappa shape index (κ2) is 14.8. The Balaban J connectivity index is 1.16. The minimum Gasteiger partial charge on any atom is -0.459 e. The largest absolute Gasteiger partial charge is 0.459 e. The van der Waals surface area contributed by atoms with Crippen LogP contribution < -0.4 is 10.8 Å². The molecule has 0 bridgehead atoms. The summed E-state index contributed by atoms with van der Waals surface area (Å²) in [6.07, 6.45) is 16.8. The van der Waals surface area contributed by atoms with Gasteiger partial charge in [0.1, 0.15) is 5.60 Å². The highest BCUT2D eigenvalue weighted by Gasteiger charge is 2.51. The lowest BCUT2D eigenvalue weighted by atomic mass is 9.73. The first-order valence-electron chi connectivity index (χ1n) is 18.3. The number of nitrogens with zero attached hydrogens (tertiary/aromatic N) is 2. The Kier molecular flexibility index (Phi) is 11.4. The quantitative estimate of drug-likeness (QED) is 0.232. The van der Waals surface area contributed by atoms with Gasteiger partial charge in [0.15, 0.2) is 0 Å². The summed E-state index contributed by atoms with van der Waals surface area (Å²) in [5, 5.41) is 3.54. The van der Waals surface area contributed by atoms with E-state index < -0.39 is 0 Å². The first kappa shape index (κ1) is 33.7. The van der Waals surface area contributed by atoms with Crippen molar-refractivity contribution < 1.29 is 19.2 Å². The average molecular weight is 615 g/mol. The Hall–Kier alpha value is -1.64. The fraction of sp³-hybridized carbons (Fsp3) is 0.889. The van der Waals surface area contributed by atoms with E-state index in [0.717, 1.165) is 103 Å². The highest BCUT2D eigenvalue weighted by Crippen LogP contribution is 2.46. The van der Waals surface area contributed by atoms with E-state index in [-0.39, 0.29) is 35.0 Å². The van der Waals surface area contributed by atoms with Crippen LogP contribution in [-0.4, -0.2) is 77.7 Å². The number of esters is 1. The number of likely N-dealkylation sites (tertiary alicyclic amines) is 2. The monoisotopic (exact) mass is 614 g/mol. The van der Waals surface area contributed by atoms with Crippen LogP contribution in [0.2, 0.25) is 0 Å². The summed E-state index contributed by atoms with van der Waals surface area (Å²) in [6, 6.07) is 0.687. The molecule has 7 atom stereocenters. The van der Waals surface area contributed by atoms with Gasteiger partial charge in [0, 0.05) is 55.8 Å². The third-order valence-corrected chi connectivity index (χ3v) is 12.2. The van der Waals surface area contributed by atoms with Gasteiger partial charge in [-0.25, -0.2) is 0 Å². The number of hydroxylamine groups is 1. The van der Waals surface area contributed by atoms with E-state index >= 15 is 0 Å². The second-order valence-corrected chi connectivity index (χ2v) is 15.3. The number of ether oxygens (including phenoxy) is 1. The molecule has 4 aliphatic heterocycles. The normalized spacial score (nSPS) is 36.5. The maximum Gasteiger partial charge on any atom is 0.309 e. The van der Waals surface area contributed by atoms with Gasteiger partial charge in [-0.05, 0) is 103 Å². The van der Waals surface area contributed by atoms with E-state index in [0.29, 0.717) is 30.4 Å². The zero-order chi connectivity index (χ0) is 31.3. The number of piperidine rings is 3. The molecule has 250 valence electrons. The molecule has 0 aromatic rings. The Bertz CT molecular complexity index is 1000. The fourth-order valence-electron chi connectivity index (χ4n) is 9.26. The number of amides is 1. The SMILES string of the molecule is CCCCC1CC2(CCC(CC3CC=C(NOCC)CC3)C(=O)O2)CCN1C1(C)CCN(C(=O)C2C(C)CCNC2C)CC1. The van der Waals surface area contributed by atoms with Gasteiger partial charge in [-0.2, -0.15) is 0 Å². The highest BCUT2D eigenvalue weighted by molar-refractivity contribution is 5.80. The predicted octanol–water partition coefficient (Wildman–Crippen LogP) is 5.96. The van der Waals surface area contributed by atoms with Gasteiger partial charge in [-0.15, -0.1) is 0 Å². The van der Waals surface area contributed by atoms with E-state index in [4.69, 9.17) is 9.57 Å². The van der Waals surface area contributed by atoms with Crippen LogP contribution in [0.5, 0.6) is 0 Å². The van der Waals surface area contributed by atoms with Crippen LogP contribution >= 0.6 is 0 Å². The smallest absolute Gasteiger partial charge is 0.309 e. The number of carbonyl (C=O) groups excluding carboxylic acids is 2. The molecule has 8 nitrogen and oxygen atoms in total. The van der Waals surface area contributed by atoms with Gasteiger partial charge in [0.2, 0.25) is 5.91 Å². The fourth-order valence-corrected chi connectivity index (χ4v) is 9.26. The van der Waals surface area contributed by atoms with Crippen LogP contribution in [-0.2, 0) is 19.2 Å². The average Bonchev–Trinajstić information content (AvgIpc) is 3.01. The Morgan fingerprint density at radius 2 is 1.91 bits per heavy atom. The molecule has 0 aromatic carbocycles. The van der Waals surface area contributed by atoms with Crippen molar-refractivity contribution in [3.8, 4) is 0 Å². The molecular formula is C36H62N4O4. The molecular weight excluding hydrogens is 552 g/mol. The molecule has 4 heterocycles. The minimum atomic E-state index is -0.295. The third-order valence-electron chi connectivity index (χ3n) is 12.2. The number of nitrogens with one attached hydrogen (secondary N) is 2. The Labute approximate surface area is 267 Å². The molecule has 7 unspecified atom stereocenters. The zero-order valence-electron chi connectivity index (χ0n) is 28.5. The predicted molar refractivity (Wildman–Crippen MR) is 175 cm³/mol. The summed E-state index contributed by atoms with van der Waals surface area (Å²) in [7, 11) is 0. The summed E-state index contributed by atoms with van der Waals surface area (Å²) in [6.45, 7) is 15.5. The molecule has 44 heavy (non-hydrogen) atoms. The number of hydrogen-bond donors (Lipinski definition) is 2. The van der Waals surface area contributed by atoms with Crippen molar-refractivity contribution >= 4 is 11.9 Å². The summed E-state index contributed by atoms with van der Waals surface area (Å²) in [5.74, 6) is 1.53. The van der Waals surface area contributed by atoms with Crippen LogP contribution in [0.15, 0.2) is 11.8 Å². The summed E-state index contributed by atoms with van der Waals surface area (Å²) >= 11 is 0. The number of carbonyl (C=O) groups is 2. The minimum absolute atomic E-state index is 0.0386. The summed E-state index contributed by atoms with van der Waals surface area (Å²) in [5.41, 5.74) is 4.03. The van der Waals surface area contributed by atoms with Gasteiger partial charge < -0.3 is 15.0 Å². The molecule has 1 amide bonds. The molecule has 0 saturated carbocycles. The topological polar surface area (TPSA) is 83.1 Å². The molecule has 2 N–H and O–H groups in total. The van der Waals surface area contributed by atoms with Crippen LogP contribution in [0.3, 0.4) is 0 Å². The van der Waals surface area contributed by atoms with Gasteiger partial charge in [0.25, 0.3) is 0 Å². The first-order valence-corrected chi connectivity index (χ1v) is 18.3. The molecule has 5 aliphatic rings. The number of rotatable bonds is 10. The Morgan fingerprint density at radius 3 is 2.57 bits per heavy atom. The van der Waals surface area contributed by atoms with Crippen LogP contribution in [0.4, 0.5) is 0 Å². The van der Waals surface area contributed by atoms with Gasteiger partial charge >= 0.3 is 5.97 Å². The van der Waals surface area contributed by atoms with E-state index in [2.05, 4.69) is 54.4 Å². The Morgan fingerprint density at radius 1 is 1.11 bits per heavy atom. The number of unbranched alkanes of at least 4 members (excludes halogenated alkanes) is 1. The molecule has 5 rings (SSSR count). The molecule has 8 heteroatoms. The molecule has 1 spiro atoms. The third kappa shape index (κ3) is 7.66. The number of allylic oxidation sites excluding steroid dienone is 2. The van der Waals surface area contributed by atoms with Crippen molar-refractivity contribution in [2.24, 2.45) is 23.7 Å². The summed E-state index contributed by atoms with van der Waals surface area (Å²) < 4.78 is 6.49. The van der Waals surface area contributed by atoms with Crippen molar-refractivity contribution in [3.05, 3.63) is 11.8 Å². The van der Waals surface area contributed by atoms with E-state index in [1.165, 1.54) is 18.5 Å². The summed E-state index contributed by atoms with van der Waals surface area (Å²) in [4.78, 5) is 37.4. The molecule has 0 aromatic heterocycles. The first-order chi connectivity index (χ1) is 21.2. The number of hydrogen-bond acceptors (Lipinski definition) is 7. The molecule has 4 saturated heterocycles. The molecule has 4 fully saturated rings. The van der Waals surface area contributed by atoms with Crippen molar-refractivity contribution in [2.75, 3.05) is 32.8 Å². The molecule has 1 aliphatic carbocycles. The van der Waals surface area contributed by atoms with E-state index in [1.54, 1.807) is 0 Å². The lowest BCUT2D eigenvalue weighted by Crippen LogP contribution is -2.64. The lowest BCUT2D eigenvalue weighted by Gasteiger charge is -2.56. The van der Waals surface area contributed by atoms with Gasteiger partial charge in [-0.1, -0.05) is 32.8 Å². The van der Waals surface area contributed by atoms with Gasteiger partial charge in [-0.3, -0.25) is 24.8 Å². The highest BCUT2D eigenvalue weighted by atomic mass is 16.6. The maximum absolute atomic E-state index is 13.6. The van der Waals surface area contributed by atoms with Crippen molar-refractivity contribution in [3.63, 3.8) is 0 Å². The van der Waals surface area contributed by atoms with Gasteiger partial charge in [0.05, 0.1) is 18.4 Å². The van der Waals surface area contributed by atoms with Crippen LogP contribution in [0.1, 0.15) is 125 Å². The van der Waals surface area contributed by atoms with Crippen LogP contribution in [0.25, 0.3) is 0 Å². The van der Waals surface area contributed by atoms with E-state index in [1.807, 2.05) is 6.92 Å². The van der Waals surface area contributed by atoms with Crippen molar-refractivity contribution in [1.29, 1.82) is 0 Å². The molecule has 0 radical (unpaired) electrons. The van der Waals surface area contributed by atoms with E-state index in [9.17, 15) is 9.59 Å². The zero-order valence-corrected chi connectivity index (χ0v) is 28.5. The maximum atomic E-state index is 13.6. The van der Waals surface area contributed by atoms with Crippen molar-refractivity contribution in [2.45, 2.75) is 148 Å². The lowest BCUT2D eigenvalue weighted by molar-refractivity contribution is -0.189. The van der Waals surface area contributed by atoms with Crippen molar-refractivity contribution in [1.82, 2.24) is 20.6 Å². The second-order valence-electron chi connectivity index (χ2n) is 15.3. The standard InChI is InChI=1S/C36H62N4O4/c1-6-8-9-31-25-36(16-14-29(34(42)44-36)24-28-10-12-30(13-11-28)38-43-7-2)19-23-40(31)35(5)17-21-39(22-18-35)33(41)32-26(3)15-20-37-27(32)4/h12,26-29,31-32,37-38H,6-11,13-25H2,1-5H3. The van der Waals surface area contributed by atoms with Crippen LogP contribution in [0, 0.1) is 23.7 Å².